The Morgan fingerprint density at radius 1 is 1.44 bits per heavy atom. The number of nitrogens with two attached hydrogens (primary N) is 1. The van der Waals surface area contributed by atoms with E-state index >= 15 is 0 Å². The topological polar surface area (TPSA) is 72.5 Å². The van der Waals surface area contributed by atoms with E-state index in [-0.39, 0.29) is 18.9 Å². The van der Waals surface area contributed by atoms with Crippen molar-refractivity contribution in [2.75, 3.05) is 13.2 Å². The Morgan fingerprint density at radius 3 is 2.50 bits per heavy atom. The monoisotopic (exact) mass is 251 g/mol. The first-order valence-corrected chi connectivity index (χ1v) is 6.17. The van der Waals surface area contributed by atoms with Crippen LogP contribution in [0.1, 0.15) is 25.8 Å². The van der Waals surface area contributed by atoms with E-state index in [1.807, 2.05) is 30.3 Å². The molecular formula is C14H21NO3. The molecule has 0 aliphatic heterocycles. The highest BCUT2D eigenvalue weighted by Crippen LogP contribution is 2.30. The summed E-state index contributed by atoms with van der Waals surface area (Å²) in [5, 5.41) is 9.63. The molecule has 4 heteroatoms. The van der Waals surface area contributed by atoms with E-state index < -0.39 is 11.5 Å². The molecule has 0 fully saturated rings. The molecule has 0 aliphatic rings. The largest absolute Gasteiger partial charge is 0.465 e. The van der Waals surface area contributed by atoms with Crippen molar-refractivity contribution in [1.82, 2.24) is 0 Å². The SMILES string of the molecule is CCOC(=O)C(CN)(CC(C)O)c1ccccc1. The Labute approximate surface area is 108 Å². The second kappa shape index (κ2) is 6.52. The predicted octanol–water partition coefficient (Wildman–Crippen LogP) is 1.22. The summed E-state index contributed by atoms with van der Waals surface area (Å²) in [4.78, 5) is 12.2. The predicted molar refractivity (Wildman–Crippen MR) is 70.1 cm³/mol. The van der Waals surface area contributed by atoms with E-state index in [1.54, 1.807) is 13.8 Å². The molecule has 0 saturated carbocycles. The molecule has 0 amide bonds. The average Bonchev–Trinajstić information content (AvgIpc) is 2.37. The third-order valence-corrected chi connectivity index (χ3v) is 2.98. The van der Waals surface area contributed by atoms with E-state index in [2.05, 4.69) is 0 Å². The highest BCUT2D eigenvalue weighted by molar-refractivity contribution is 5.83. The maximum absolute atomic E-state index is 12.2. The molecule has 0 radical (unpaired) electrons. The quantitative estimate of drug-likeness (QED) is 0.746. The van der Waals surface area contributed by atoms with Gasteiger partial charge < -0.3 is 15.6 Å². The van der Waals surface area contributed by atoms with Crippen molar-refractivity contribution in [3.8, 4) is 0 Å². The summed E-state index contributed by atoms with van der Waals surface area (Å²) in [6, 6.07) is 9.25. The lowest BCUT2D eigenvalue weighted by Gasteiger charge is -2.31. The number of hydrogen-bond donors (Lipinski definition) is 2. The van der Waals surface area contributed by atoms with Crippen LogP contribution < -0.4 is 5.73 Å². The van der Waals surface area contributed by atoms with Crippen molar-refractivity contribution >= 4 is 5.97 Å². The van der Waals surface area contributed by atoms with Gasteiger partial charge >= 0.3 is 5.97 Å². The maximum Gasteiger partial charge on any atom is 0.317 e. The molecular weight excluding hydrogens is 230 g/mol. The summed E-state index contributed by atoms with van der Waals surface area (Å²) < 4.78 is 5.12. The number of aliphatic hydroxyl groups excluding tert-OH is 1. The third kappa shape index (κ3) is 3.09. The zero-order valence-corrected chi connectivity index (χ0v) is 10.9. The fourth-order valence-electron chi connectivity index (χ4n) is 2.13. The van der Waals surface area contributed by atoms with Crippen molar-refractivity contribution in [3.05, 3.63) is 35.9 Å². The Kier molecular flexibility index (Phi) is 5.31. The zero-order chi connectivity index (χ0) is 13.6. The van der Waals surface area contributed by atoms with Crippen LogP contribution in [0.25, 0.3) is 0 Å². The van der Waals surface area contributed by atoms with E-state index in [9.17, 15) is 9.90 Å². The van der Waals surface area contributed by atoms with Crippen molar-refractivity contribution in [2.24, 2.45) is 5.73 Å². The smallest absolute Gasteiger partial charge is 0.317 e. The van der Waals surface area contributed by atoms with Crippen LogP contribution in [0.4, 0.5) is 0 Å². The summed E-state index contributed by atoms with van der Waals surface area (Å²) >= 11 is 0. The molecule has 3 N–H and O–H groups in total. The summed E-state index contributed by atoms with van der Waals surface area (Å²) in [6.07, 6.45) is -0.370. The van der Waals surface area contributed by atoms with Crippen molar-refractivity contribution in [2.45, 2.75) is 31.8 Å². The van der Waals surface area contributed by atoms with Gasteiger partial charge in [0.2, 0.25) is 0 Å². The lowest BCUT2D eigenvalue weighted by molar-refractivity contribution is -0.151. The molecule has 1 rings (SSSR count). The fourth-order valence-corrected chi connectivity index (χ4v) is 2.13. The molecule has 1 aromatic carbocycles. The molecule has 1 aromatic rings. The fraction of sp³-hybridized carbons (Fsp3) is 0.500. The van der Waals surface area contributed by atoms with Crippen LogP contribution in [0.2, 0.25) is 0 Å². The number of benzene rings is 1. The molecule has 2 atom stereocenters. The summed E-state index contributed by atoms with van der Waals surface area (Å²) in [5.74, 6) is -0.375. The lowest BCUT2D eigenvalue weighted by atomic mass is 9.76. The first-order valence-electron chi connectivity index (χ1n) is 6.17. The van der Waals surface area contributed by atoms with Crippen LogP contribution in [0.5, 0.6) is 0 Å². The van der Waals surface area contributed by atoms with Crippen LogP contribution in [0.3, 0.4) is 0 Å². The van der Waals surface area contributed by atoms with E-state index in [4.69, 9.17) is 10.5 Å². The van der Waals surface area contributed by atoms with Gasteiger partial charge in [-0.15, -0.1) is 0 Å². The summed E-state index contributed by atoms with van der Waals surface area (Å²) in [5.41, 5.74) is 5.62. The number of carbonyl (C=O) groups excluding carboxylic acids is 1. The van der Waals surface area contributed by atoms with Crippen LogP contribution in [0.15, 0.2) is 30.3 Å². The standard InChI is InChI=1S/C14H21NO3/c1-3-18-13(17)14(10-15,9-11(2)16)12-7-5-4-6-8-12/h4-8,11,16H,3,9-10,15H2,1-2H3. The van der Waals surface area contributed by atoms with Gasteiger partial charge in [0, 0.05) is 6.54 Å². The van der Waals surface area contributed by atoms with Crippen LogP contribution in [-0.2, 0) is 14.9 Å². The number of carbonyl (C=O) groups is 1. The van der Waals surface area contributed by atoms with E-state index in [1.165, 1.54) is 0 Å². The highest BCUT2D eigenvalue weighted by atomic mass is 16.5. The van der Waals surface area contributed by atoms with Crippen molar-refractivity contribution < 1.29 is 14.6 Å². The van der Waals surface area contributed by atoms with Gasteiger partial charge in [-0.05, 0) is 25.8 Å². The Morgan fingerprint density at radius 2 is 2.06 bits per heavy atom. The van der Waals surface area contributed by atoms with Gasteiger partial charge in [0.15, 0.2) is 0 Å². The highest BCUT2D eigenvalue weighted by Gasteiger charge is 2.41. The second-order valence-corrected chi connectivity index (χ2v) is 4.43. The van der Waals surface area contributed by atoms with Gasteiger partial charge in [-0.2, -0.15) is 0 Å². The van der Waals surface area contributed by atoms with Gasteiger partial charge in [-0.1, -0.05) is 30.3 Å². The van der Waals surface area contributed by atoms with Crippen LogP contribution >= 0.6 is 0 Å². The molecule has 0 bridgehead atoms. The van der Waals surface area contributed by atoms with Crippen molar-refractivity contribution in [3.63, 3.8) is 0 Å². The summed E-state index contributed by atoms with van der Waals surface area (Å²) in [6.45, 7) is 3.81. The van der Waals surface area contributed by atoms with Crippen LogP contribution in [-0.4, -0.2) is 30.3 Å². The molecule has 0 saturated heterocycles. The molecule has 100 valence electrons. The zero-order valence-electron chi connectivity index (χ0n) is 10.9. The van der Waals surface area contributed by atoms with Gasteiger partial charge in [-0.25, -0.2) is 0 Å². The first kappa shape index (κ1) is 14.7. The second-order valence-electron chi connectivity index (χ2n) is 4.43. The minimum Gasteiger partial charge on any atom is -0.465 e. The molecule has 2 unspecified atom stereocenters. The molecule has 0 aliphatic carbocycles. The average molecular weight is 251 g/mol. The lowest BCUT2D eigenvalue weighted by Crippen LogP contribution is -2.46. The summed E-state index contributed by atoms with van der Waals surface area (Å²) in [7, 11) is 0. The number of aliphatic hydroxyl groups is 1. The Bertz CT molecular complexity index is 378. The Balaban J connectivity index is 3.18. The number of hydrogen-bond acceptors (Lipinski definition) is 4. The third-order valence-electron chi connectivity index (χ3n) is 2.98. The van der Waals surface area contributed by atoms with Gasteiger partial charge in [0.05, 0.1) is 12.7 Å². The van der Waals surface area contributed by atoms with E-state index in [0.717, 1.165) is 5.56 Å². The first-order chi connectivity index (χ1) is 8.56. The van der Waals surface area contributed by atoms with Crippen molar-refractivity contribution in [1.29, 1.82) is 0 Å². The van der Waals surface area contributed by atoms with E-state index in [0.29, 0.717) is 6.61 Å². The molecule has 0 aromatic heterocycles. The van der Waals surface area contributed by atoms with Gasteiger partial charge in [-0.3, -0.25) is 4.79 Å². The molecule has 18 heavy (non-hydrogen) atoms. The minimum absolute atomic E-state index is 0.112. The normalized spacial score (nSPS) is 15.8. The minimum atomic E-state index is -0.967. The molecule has 0 heterocycles. The van der Waals surface area contributed by atoms with Crippen LogP contribution in [0, 0.1) is 0 Å². The maximum atomic E-state index is 12.2. The number of ether oxygens (including phenoxy) is 1. The molecule has 0 spiro atoms. The molecule has 4 nitrogen and oxygen atoms in total. The van der Waals surface area contributed by atoms with Gasteiger partial charge in [0.1, 0.15) is 5.41 Å². The van der Waals surface area contributed by atoms with Gasteiger partial charge in [0.25, 0.3) is 0 Å². The number of rotatable bonds is 6. The Hall–Kier alpha value is -1.39. The number of esters is 1.